The van der Waals surface area contributed by atoms with E-state index in [1.165, 1.54) is 0 Å². The van der Waals surface area contributed by atoms with Gasteiger partial charge in [0, 0.05) is 0 Å². The maximum absolute atomic E-state index is 14.0. The van der Waals surface area contributed by atoms with Gasteiger partial charge in [0.1, 0.15) is 77.8 Å². The van der Waals surface area contributed by atoms with Gasteiger partial charge in [-0.1, -0.05) is 142 Å². The smallest absolute Gasteiger partial charge is 0.312 e. The molecule has 0 aromatic carbocycles. The molecule has 3 N–H and O–H groups in total. The monoisotopic (exact) mass is 1250 g/mol. The molecule has 21 nitrogen and oxygen atoms in total. The highest BCUT2D eigenvalue weighted by Gasteiger charge is 2.48. The Morgan fingerprint density at radius 1 is 0.295 bits per heavy atom. The van der Waals surface area contributed by atoms with Gasteiger partial charge in [-0.3, -0.25) is 43.2 Å². The molecule has 3 fully saturated rings. The first-order valence-corrected chi connectivity index (χ1v) is 33.0. The minimum absolute atomic E-state index is 0.0356. The SMILES string of the molecule is CCC(C(=O)OCC(O)COC(=O)C1CCCCC1C(=O)OCC(COC(=O)C1CCCCC1C(=O)OCC(O)COC(=O)C(CC)(C(C)C)C(C)C)COC(=O)C1CCCCC1C(=O)OCC(O)COC(=O)C(CC)(C(C)C)C(C)C)(C(C)C)C(C)C. The number of carbonyl (C=O) groups excluding carboxylic acids is 9. The lowest BCUT2D eigenvalue weighted by Gasteiger charge is -2.38. The van der Waals surface area contributed by atoms with E-state index in [2.05, 4.69) is 0 Å². The molecule has 88 heavy (non-hydrogen) atoms. The summed E-state index contributed by atoms with van der Waals surface area (Å²) in [6.45, 7) is 25.0. The van der Waals surface area contributed by atoms with Crippen LogP contribution in [0, 0.1) is 93.2 Å². The second kappa shape index (κ2) is 36.8. The molecule has 9 unspecified atom stereocenters. The van der Waals surface area contributed by atoms with Gasteiger partial charge < -0.3 is 58.0 Å². The van der Waals surface area contributed by atoms with Crippen LogP contribution in [0.1, 0.15) is 200 Å². The molecule has 9 atom stereocenters. The highest BCUT2D eigenvalue weighted by molar-refractivity contribution is 5.84. The largest absolute Gasteiger partial charge is 0.465 e. The number of hydrogen-bond acceptors (Lipinski definition) is 21. The molecular formula is C67H112O21. The number of hydrogen-bond donors (Lipinski definition) is 3. The molecule has 3 aliphatic carbocycles. The summed E-state index contributed by atoms with van der Waals surface area (Å²) in [4.78, 5) is 123. The molecule has 506 valence electrons. The van der Waals surface area contributed by atoms with E-state index < -0.39 is 189 Å². The van der Waals surface area contributed by atoms with Crippen molar-refractivity contribution in [2.75, 3.05) is 59.5 Å². The zero-order valence-corrected chi connectivity index (χ0v) is 55.9. The van der Waals surface area contributed by atoms with Gasteiger partial charge in [-0.2, -0.15) is 0 Å². The lowest BCUT2D eigenvalue weighted by Crippen LogP contribution is -2.43. The number of esters is 9. The summed E-state index contributed by atoms with van der Waals surface area (Å²) in [6.07, 6.45) is 2.83. The average molecular weight is 1250 g/mol. The van der Waals surface area contributed by atoms with Gasteiger partial charge >= 0.3 is 53.7 Å². The van der Waals surface area contributed by atoms with Gasteiger partial charge in [0.05, 0.1) is 57.7 Å². The third kappa shape index (κ3) is 20.3. The van der Waals surface area contributed by atoms with Crippen molar-refractivity contribution in [1.29, 1.82) is 0 Å². The van der Waals surface area contributed by atoms with Crippen LogP contribution in [0.3, 0.4) is 0 Å². The average Bonchev–Trinajstić information content (AvgIpc) is 1.83. The summed E-state index contributed by atoms with van der Waals surface area (Å²) in [6, 6.07) is 0. The van der Waals surface area contributed by atoms with Crippen molar-refractivity contribution in [2.45, 2.75) is 218 Å². The van der Waals surface area contributed by atoms with Gasteiger partial charge in [0.25, 0.3) is 0 Å². The Labute approximate surface area is 524 Å². The second-order valence-corrected chi connectivity index (χ2v) is 27.0. The lowest BCUT2D eigenvalue weighted by atomic mass is 9.67. The Morgan fingerprint density at radius 2 is 0.455 bits per heavy atom. The van der Waals surface area contributed by atoms with Gasteiger partial charge in [-0.05, 0) is 93.3 Å². The van der Waals surface area contributed by atoms with Gasteiger partial charge in [-0.15, -0.1) is 0 Å². The van der Waals surface area contributed by atoms with E-state index in [1.54, 1.807) is 0 Å². The molecule has 3 saturated carbocycles. The van der Waals surface area contributed by atoms with E-state index in [-0.39, 0.29) is 74.0 Å². The molecule has 3 rings (SSSR count). The topological polar surface area (TPSA) is 297 Å². The fraction of sp³-hybridized carbons (Fsp3) is 0.866. The summed E-state index contributed by atoms with van der Waals surface area (Å²) < 4.78 is 50.7. The Bertz CT molecular complexity index is 1970. The van der Waals surface area contributed by atoms with E-state index in [0.717, 1.165) is 0 Å². The Kier molecular flexibility index (Phi) is 32.4. The van der Waals surface area contributed by atoms with Crippen molar-refractivity contribution in [3.8, 4) is 0 Å². The zero-order chi connectivity index (χ0) is 66.3. The van der Waals surface area contributed by atoms with Crippen molar-refractivity contribution in [2.24, 2.45) is 93.2 Å². The molecule has 0 aliphatic heterocycles. The number of aliphatic hydroxyl groups excluding tert-OH is 3. The first-order chi connectivity index (χ1) is 41.4. The van der Waals surface area contributed by atoms with Gasteiger partial charge in [0.15, 0.2) is 0 Å². The van der Waals surface area contributed by atoms with Crippen LogP contribution in [0.15, 0.2) is 0 Å². The predicted molar refractivity (Wildman–Crippen MR) is 324 cm³/mol. The standard InChI is InChI=1S/C67H112O21/c1-16-65(40(4)5,41(6)7)62(77)86-37-47(68)34-83-59(74)53-28-22-19-25-50(53)56(71)80-31-46(32-81-57(72)51-26-20-23-29-54(51)60(75)84-35-48(69)38-87-63(78)66(17-2,42(8)9)43(10)11)33-82-58(73)52-27-21-24-30-55(52)61(76)85-36-49(70)39-88-64(79)67(18-3,44(12)13)45(14)15/h40-55,68-70H,16-39H2,1-15H3. The predicted octanol–water partition coefficient (Wildman–Crippen LogP) is 9.12. The molecule has 21 heteroatoms. The maximum Gasteiger partial charge on any atom is 0.312 e. The fourth-order valence-electron chi connectivity index (χ4n) is 14.4. The molecule has 0 saturated heterocycles. The van der Waals surface area contributed by atoms with Gasteiger partial charge in [-0.25, -0.2) is 0 Å². The van der Waals surface area contributed by atoms with Crippen LogP contribution in [0.2, 0.25) is 0 Å². The molecule has 0 spiro atoms. The molecule has 0 radical (unpaired) electrons. The van der Waals surface area contributed by atoms with Crippen LogP contribution in [-0.2, 0) is 85.8 Å². The van der Waals surface area contributed by atoms with Crippen LogP contribution in [0.4, 0.5) is 0 Å². The van der Waals surface area contributed by atoms with Crippen LogP contribution >= 0.6 is 0 Å². The summed E-state index contributed by atoms with van der Waals surface area (Å²) in [5.74, 6) is -12.8. The Morgan fingerprint density at radius 3 is 0.614 bits per heavy atom. The lowest BCUT2D eigenvalue weighted by molar-refractivity contribution is -0.173. The maximum atomic E-state index is 14.0. The third-order valence-electron chi connectivity index (χ3n) is 20.0. The van der Waals surface area contributed by atoms with Gasteiger partial charge in [0.2, 0.25) is 0 Å². The second-order valence-electron chi connectivity index (χ2n) is 27.0. The highest BCUT2D eigenvalue weighted by atomic mass is 16.6. The van der Waals surface area contributed by atoms with Crippen molar-refractivity contribution in [3.05, 3.63) is 0 Å². The van der Waals surface area contributed by atoms with Crippen LogP contribution in [0.5, 0.6) is 0 Å². The van der Waals surface area contributed by atoms with Crippen molar-refractivity contribution >= 4 is 53.7 Å². The van der Waals surface area contributed by atoms with Crippen LogP contribution < -0.4 is 0 Å². The van der Waals surface area contributed by atoms with Crippen LogP contribution in [0.25, 0.3) is 0 Å². The van der Waals surface area contributed by atoms with Crippen LogP contribution in [-0.4, -0.2) is 147 Å². The fourth-order valence-corrected chi connectivity index (χ4v) is 14.4. The first-order valence-electron chi connectivity index (χ1n) is 33.0. The number of carbonyl (C=O) groups is 9. The Hall–Kier alpha value is -4.89. The molecule has 0 amide bonds. The molecule has 0 bridgehead atoms. The summed E-state index contributed by atoms with van der Waals surface area (Å²) in [5, 5.41) is 32.3. The quantitative estimate of drug-likeness (QED) is 0.0389. The molecule has 0 heterocycles. The first kappa shape index (κ1) is 77.4. The number of aliphatic hydroxyl groups is 3. The third-order valence-corrected chi connectivity index (χ3v) is 20.0. The molecule has 3 aliphatic rings. The summed E-state index contributed by atoms with van der Waals surface area (Å²) in [7, 11) is 0. The normalized spacial score (nSPS) is 21.7. The highest BCUT2D eigenvalue weighted by Crippen LogP contribution is 2.43. The minimum atomic E-state index is -1.33. The van der Waals surface area contributed by atoms with E-state index >= 15 is 0 Å². The van der Waals surface area contributed by atoms with Crippen molar-refractivity contribution in [3.63, 3.8) is 0 Å². The summed E-state index contributed by atoms with van der Waals surface area (Å²) in [5.41, 5.74) is -2.32. The van der Waals surface area contributed by atoms with Crippen molar-refractivity contribution in [1.82, 2.24) is 0 Å². The van der Waals surface area contributed by atoms with Crippen molar-refractivity contribution < 1.29 is 101 Å². The summed E-state index contributed by atoms with van der Waals surface area (Å²) >= 11 is 0. The minimum Gasteiger partial charge on any atom is -0.465 e. The van der Waals surface area contributed by atoms with E-state index in [4.69, 9.17) is 42.6 Å². The Balaban J connectivity index is 1.76. The molecule has 0 aromatic heterocycles. The molecule has 0 aromatic rings. The van der Waals surface area contributed by atoms with E-state index in [9.17, 15) is 58.5 Å². The molecular weight excluding hydrogens is 1140 g/mol. The zero-order valence-electron chi connectivity index (χ0n) is 55.9. The van der Waals surface area contributed by atoms with E-state index in [1.807, 2.05) is 104 Å². The number of rotatable bonds is 36. The number of ether oxygens (including phenoxy) is 9. The van der Waals surface area contributed by atoms with E-state index in [0.29, 0.717) is 57.8 Å².